The number of carbonyl (C=O) groups is 2. The Kier molecular flexibility index (Phi) is 6.44. The van der Waals surface area contributed by atoms with Gasteiger partial charge in [0.2, 0.25) is 5.91 Å². The summed E-state index contributed by atoms with van der Waals surface area (Å²) in [5.41, 5.74) is 1.93. The first-order chi connectivity index (χ1) is 13.2. The molecule has 2 aromatic rings. The van der Waals surface area contributed by atoms with Crippen molar-refractivity contribution in [1.29, 1.82) is 0 Å². The first-order valence-corrected chi connectivity index (χ1v) is 9.02. The van der Waals surface area contributed by atoms with Gasteiger partial charge in [-0.1, -0.05) is 30.3 Å². The monoisotopic (exact) mass is 368 g/mol. The van der Waals surface area contributed by atoms with Gasteiger partial charge in [-0.2, -0.15) is 0 Å². The van der Waals surface area contributed by atoms with Crippen molar-refractivity contribution in [2.45, 2.75) is 18.9 Å². The Bertz CT molecular complexity index is 762. The molecule has 3 rings (SSSR count). The first-order valence-electron chi connectivity index (χ1n) is 9.02. The molecule has 1 fully saturated rings. The van der Waals surface area contributed by atoms with Crippen molar-refractivity contribution in [3.05, 3.63) is 60.2 Å². The Morgan fingerprint density at radius 2 is 1.93 bits per heavy atom. The van der Waals surface area contributed by atoms with Crippen LogP contribution in [0.3, 0.4) is 0 Å². The molecule has 1 heterocycles. The van der Waals surface area contributed by atoms with Crippen LogP contribution in [0.2, 0.25) is 0 Å². The highest BCUT2D eigenvalue weighted by molar-refractivity contribution is 5.95. The van der Waals surface area contributed by atoms with Gasteiger partial charge in [-0.25, -0.2) is 0 Å². The molecule has 0 bridgehead atoms. The van der Waals surface area contributed by atoms with E-state index in [1.807, 2.05) is 54.6 Å². The Balaban J connectivity index is 1.48. The minimum Gasteiger partial charge on any atom is -0.497 e. The lowest BCUT2D eigenvalue weighted by Crippen LogP contribution is -2.50. The molecule has 2 aromatic carbocycles. The summed E-state index contributed by atoms with van der Waals surface area (Å²) < 4.78 is 10.7. The summed E-state index contributed by atoms with van der Waals surface area (Å²) in [6, 6.07) is 17.2. The zero-order chi connectivity index (χ0) is 19.1. The molecule has 0 saturated carbocycles. The number of carbonyl (C=O) groups excluding carboxylic acids is 2. The largest absolute Gasteiger partial charge is 0.497 e. The van der Waals surface area contributed by atoms with E-state index in [4.69, 9.17) is 9.47 Å². The van der Waals surface area contributed by atoms with Gasteiger partial charge in [0.05, 0.1) is 19.8 Å². The molecular formula is C21H24N2O4. The average molecular weight is 368 g/mol. The Morgan fingerprint density at radius 3 is 2.63 bits per heavy atom. The highest BCUT2D eigenvalue weighted by Crippen LogP contribution is 2.21. The Morgan fingerprint density at radius 1 is 1.19 bits per heavy atom. The van der Waals surface area contributed by atoms with E-state index in [0.717, 1.165) is 17.0 Å². The second-order valence-electron chi connectivity index (χ2n) is 6.43. The summed E-state index contributed by atoms with van der Waals surface area (Å²) in [6.07, 6.45) is 0.900. The first kappa shape index (κ1) is 18.9. The quantitative estimate of drug-likeness (QED) is 0.813. The summed E-state index contributed by atoms with van der Waals surface area (Å²) in [5.74, 6) is 0.629. The van der Waals surface area contributed by atoms with E-state index in [-0.39, 0.29) is 24.5 Å². The number of methoxy groups -OCH3 is 1. The summed E-state index contributed by atoms with van der Waals surface area (Å²) >= 11 is 0. The zero-order valence-corrected chi connectivity index (χ0v) is 15.4. The lowest BCUT2D eigenvalue weighted by Gasteiger charge is -2.33. The minimum atomic E-state index is -0.231. The predicted octanol–water partition coefficient (Wildman–Crippen LogP) is 2.18. The molecule has 1 saturated heterocycles. The molecule has 27 heavy (non-hydrogen) atoms. The molecule has 0 aliphatic carbocycles. The molecule has 142 valence electrons. The van der Waals surface area contributed by atoms with Gasteiger partial charge in [0.15, 0.2) is 0 Å². The summed E-state index contributed by atoms with van der Waals surface area (Å²) in [7, 11) is 1.60. The third-order valence-electron chi connectivity index (χ3n) is 4.52. The molecule has 6 heteroatoms. The fourth-order valence-electron chi connectivity index (χ4n) is 2.98. The molecule has 1 aliphatic heterocycles. The fourth-order valence-corrected chi connectivity index (χ4v) is 2.98. The van der Waals surface area contributed by atoms with Crippen LogP contribution in [0, 0.1) is 0 Å². The van der Waals surface area contributed by atoms with Crippen molar-refractivity contribution in [2.24, 2.45) is 0 Å². The van der Waals surface area contributed by atoms with E-state index in [1.165, 1.54) is 0 Å². The number of nitrogens with one attached hydrogen (secondary N) is 1. The van der Waals surface area contributed by atoms with Crippen molar-refractivity contribution in [3.63, 3.8) is 0 Å². The van der Waals surface area contributed by atoms with E-state index >= 15 is 0 Å². The van der Waals surface area contributed by atoms with Gasteiger partial charge in [0.25, 0.3) is 5.91 Å². The van der Waals surface area contributed by atoms with Crippen molar-refractivity contribution in [3.8, 4) is 5.75 Å². The number of ether oxygens (including phenoxy) is 2. The maximum absolute atomic E-state index is 12.2. The molecule has 1 unspecified atom stereocenters. The van der Waals surface area contributed by atoms with Crippen molar-refractivity contribution < 1.29 is 19.1 Å². The van der Waals surface area contributed by atoms with Gasteiger partial charge in [-0.05, 0) is 36.2 Å². The third kappa shape index (κ3) is 5.31. The van der Waals surface area contributed by atoms with E-state index in [0.29, 0.717) is 25.9 Å². The number of rotatable bonds is 7. The van der Waals surface area contributed by atoms with Crippen LogP contribution in [-0.4, -0.2) is 44.7 Å². The molecule has 0 aromatic heterocycles. The average Bonchev–Trinajstić information content (AvgIpc) is 2.72. The van der Waals surface area contributed by atoms with Crippen LogP contribution in [0.1, 0.15) is 12.0 Å². The number of hydrogen-bond donors (Lipinski definition) is 1. The van der Waals surface area contributed by atoms with Crippen molar-refractivity contribution in [1.82, 2.24) is 5.32 Å². The molecule has 1 atom stereocenters. The highest BCUT2D eigenvalue weighted by atomic mass is 16.5. The SMILES string of the molecule is COc1ccc(N2CC(CNC(=O)CCc3ccccc3)OCC2=O)cc1. The smallest absolute Gasteiger partial charge is 0.253 e. The lowest BCUT2D eigenvalue weighted by molar-refractivity contribution is -0.129. The van der Waals surface area contributed by atoms with Crippen LogP contribution >= 0.6 is 0 Å². The fraction of sp³-hybridized carbons (Fsp3) is 0.333. The number of nitrogens with zero attached hydrogens (tertiary/aromatic N) is 1. The minimum absolute atomic E-state index is 0.0105. The maximum Gasteiger partial charge on any atom is 0.253 e. The van der Waals surface area contributed by atoms with Crippen LogP contribution in [0.25, 0.3) is 0 Å². The molecule has 0 spiro atoms. The summed E-state index contributed by atoms with van der Waals surface area (Å²) in [4.78, 5) is 25.9. The molecule has 1 aliphatic rings. The third-order valence-corrected chi connectivity index (χ3v) is 4.52. The molecule has 6 nitrogen and oxygen atoms in total. The number of aryl methyl sites for hydroxylation is 1. The topological polar surface area (TPSA) is 67.9 Å². The summed E-state index contributed by atoms with van der Waals surface area (Å²) in [5, 5.41) is 2.91. The molecular weight excluding hydrogens is 344 g/mol. The van der Waals surface area contributed by atoms with Crippen LogP contribution in [-0.2, 0) is 20.7 Å². The predicted molar refractivity (Wildman–Crippen MR) is 103 cm³/mol. The number of morpholine rings is 1. The second-order valence-corrected chi connectivity index (χ2v) is 6.43. The number of benzene rings is 2. The van der Waals surface area contributed by atoms with Gasteiger partial charge < -0.3 is 19.7 Å². The number of hydrogen-bond acceptors (Lipinski definition) is 4. The molecule has 1 N–H and O–H groups in total. The Labute approximate surface area is 159 Å². The highest BCUT2D eigenvalue weighted by Gasteiger charge is 2.27. The van der Waals surface area contributed by atoms with Crippen LogP contribution in [0.15, 0.2) is 54.6 Å². The zero-order valence-electron chi connectivity index (χ0n) is 15.4. The second kappa shape index (κ2) is 9.19. The van der Waals surface area contributed by atoms with E-state index in [2.05, 4.69) is 5.32 Å². The van der Waals surface area contributed by atoms with Crippen LogP contribution in [0.5, 0.6) is 5.75 Å². The van der Waals surface area contributed by atoms with E-state index < -0.39 is 0 Å². The van der Waals surface area contributed by atoms with Gasteiger partial charge in [-0.15, -0.1) is 0 Å². The summed E-state index contributed by atoms with van der Waals surface area (Å²) in [6.45, 7) is 0.800. The van der Waals surface area contributed by atoms with Crippen LogP contribution in [0.4, 0.5) is 5.69 Å². The van der Waals surface area contributed by atoms with E-state index in [9.17, 15) is 9.59 Å². The molecule has 0 radical (unpaired) electrons. The number of anilines is 1. The maximum atomic E-state index is 12.2. The standard InChI is InChI=1S/C21H24N2O4/c1-26-18-10-8-17(9-11-18)23-14-19(27-15-21(23)25)13-22-20(24)12-7-16-5-3-2-4-6-16/h2-6,8-11,19H,7,12-15H2,1H3,(H,22,24). The molecule has 2 amide bonds. The van der Waals surface area contributed by atoms with Gasteiger partial charge >= 0.3 is 0 Å². The lowest BCUT2D eigenvalue weighted by atomic mass is 10.1. The Hall–Kier alpha value is -2.86. The van der Waals surface area contributed by atoms with Gasteiger partial charge in [0.1, 0.15) is 12.4 Å². The normalized spacial score (nSPS) is 16.9. The number of amides is 2. The van der Waals surface area contributed by atoms with Crippen LogP contribution < -0.4 is 15.0 Å². The van der Waals surface area contributed by atoms with Gasteiger partial charge in [-0.3, -0.25) is 9.59 Å². The van der Waals surface area contributed by atoms with Crippen molar-refractivity contribution in [2.75, 3.05) is 31.7 Å². The van der Waals surface area contributed by atoms with Crippen molar-refractivity contribution >= 4 is 17.5 Å². The van der Waals surface area contributed by atoms with E-state index in [1.54, 1.807) is 12.0 Å². The van der Waals surface area contributed by atoms with Gasteiger partial charge in [0, 0.05) is 18.7 Å².